The molecule has 162 valence electrons. The lowest BCUT2D eigenvalue weighted by atomic mass is 9.86. The molecule has 0 bridgehead atoms. The number of benzene rings is 3. The predicted molar refractivity (Wildman–Crippen MR) is 128 cm³/mol. The summed E-state index contributed by atoms with van der Waals surface area (Å²) in [5.74, 6) is -0.592. The number of esters is 1. The molecule has 0 spiro atoms. The molecular weight excluding hydrogens is 424 g/mol. The average Bonchev–Trinajstić information content (AvgIpc) is 2.76. The topological polar surface area (TPSA) is 56.5 Å². The SMILES string of the molecule is Cc1ccc(C(=O)Oc2c(-c3ccc(C(C)(C)C)cc3)oc3ccc(Cl)cc3c2=O)cc1. The van der Waals surface area contributed by atoms with Crippen molar-refractivity contribution in [3.63, 3.8) is 0 Å². The van der Waals surface area contributed by atoms with Gasteiger partial charge in [-0.25, -0.2) is 4.79 Å². The van der Waals surface area contributed by atoms with E-state index >= 15 is 0 Å². The fourth-order valence-electron chi connectivity index (χ4n) is 3.40. The lowest BCUT2D eigenvalue weighted by Crippen LogP contribution is -2.16. The fraction of sp³-hybridized carbons (Fsp3) is 0.185. The van der Waals surface area contributed by atoms with Crippen molar-refractivity contribution in [2.45, 2.75) is 33.1 Å². The summed E-state index contributed by atoms with van der Waals surface area (Å²) in [4.78, 5) is 26.1. The second kappa shape index (κ2) is 8.29. The van der Waals surface area contributed by atoms with Crippen LogP contribution < -0.4 is 10.2 Å². The van der Waals surface area contributed by atoms with Crippen LogP contribution in [0.2, 0.25) is 5.02 Å². The van der Waals surface area contributed by atoms with Crippen molar-refractivity contribution in [1.29, 1.82) is 0 Å². The van der Waals surface area contributed by atoms with E-state index in [2.05, 4.69) is 20.8 Å². The average molecular weight is 447 g/mol. The first-order chi connectivity index (χ1) is 15.1. The van der Waals surface area contributed by atoms with Crippen molar-refractivity contribution in [2.75, 3.05) is 0 Å². The van der Waals surface area contributed by atoms with E-state index in [-0.39, 0.29) is 22.3 Å². The molecule has 0 aliphatic heterocycles. The molecule has 1 heterocycles. The first-order valence-corrected chi connectivity index (χ1v) is 10.7. The van der Waals surface area contributed by atoms with Gasteiger partial charge in [-0.05, 0) is 48.2 Å². The van der Waals surface area contributed by atoms with Gasteiger partial charge in [0.2, 0.25) is 11.2 Å². The van der Waals surface area contributed by atoms with E-state index in [1.54, 1.807) is 24.3 Å². The van der Waals surface area contributed by atoms with Gasteiger partial charge >= 0.3 is 5.97 Å². The minimum Gasteiger partial charge on any atom is -0.452 e. The largest absolute Gasteiger partial charge is 0.452 e. The first kappa shape index (κ1) is 21.8. The van der Waals surface area contributed by atoms with Crippen LogP contribution in [0.15, 0.2) is 75.9 Å². The monoisotopic (exact) mass is 446 g/mol. The molecule has 0 saturated carbocycles. The zero-order valence-corrected chi connectivity index (χ0v) is 19.1. The number of carbonyl (C=O) groups excluding carboxylic acids is 1. The molecule has 0 aliphatic rings. The summed E-state index contributed by atoms with van der Waals surface area (Å²) in [6.07, 6.45) is 0. The molecule has 0 N–H and O–H groups in total. The second-order valence-corrected chi connectivity index (χ2v) is 9.25. The Morgan fingerprint density at radius 1 is 0.938 bits per heavy atom. The van der Waals surface area contributed by atoms with E-state index in [4.69, 9.17) is 20.8 Å². The molecule has 4 nitrogen and oxygen atoms in total. The van der Waals surface area contributed by atoms with Gasteiger partial charge in [0.1, 0.15) is 5.58 Å². The summed E-state index contributed by atoms with van der Waals surface area (Å²) in [6, 6.07) is 19.4. The number of rotatable bonds is 3. The van der Waals surface area contributed by atoms with Gasteiger partial charge in [-0.3, -0.25) is 4.79 Å². The normalized spacial score (nSPS) is 11.5. The standard InChI is InChI=1S/C27H23ClO4/c1-16-5-7-18(8-6-16)26(30)32-25-23(29)21-15-20(28)13-14-22(21)31-24(25)17-9-11-19(12-10-17)27(2,3)4/h5-15H,1-4H3. The number of halogens is 1. The lowest BCUT2D eigenvalue weighted by molar-refractivity contribution is 0.0731. The van der Waals surface area contributed by atoms with E-state index in [1.807, 2.05) is 43.3 Å². The van der Waals surface area contributed by atoms with Gasteiger partial charge in [0.15, 0.2) is 5.76 Å². The summed E-state index contributed by atoms with van der Waals surface area (Å²) in [6.45, 7) is 8.29. The molecule has 0 unspecified atom stereocenters. The van der Waals surface area contributed by atoms with Crippen LogP contribution in [0.3, 0.4) is 0 Å². The van der Waals surface area contributed by atoms with Crippen molar-refractivity contribution < 1.29 is 13.9 Å². The molecule has 5 heteroatoms. The number of ether oxygens (including phenoxy) is 1. The number of carbonyl (C=O) groups is 1. The van der Waals surface area contributed by atoms with Gasteiger partial charge in [0.25, 0.3) is 0 Å². The van der Waals surface area contributed by atoms with Crippen LogP contribution in [0.4, 0.5) is 0 Å². The Balaban J connectivity index is 1.87. The maximum absolute atomic E-state index is 13.3. The molecule has 1 aromatic heterocycles. The van der Waals surface area contributed by atoms with Crippen LogP contribution in [0.1, 0.15) is 42.3 Å². The van der Waals surface area contributed by atoms with Crippen LogP contribution in [0.25, 0.3) is 22.3 Å². The van der Waals surface area contributed by atoms with Gasteiger partial charge < -0.3 is 9.15 Å². The molecule has 0 radical (unpaired) electrons. The van der Waals surface area contributed by atoms with E-state index in [1.165, 1.54) is 6.07 Å². The van der Waals surface area contributed by atoms with E-state index < -0.39 is 11.4 Å². The molecule has 0 saturated heterocycles. The number of hydrogen-bond acceptors (Lipinski definition) is 4. The van der Waals surface area contributed by atoms with E-state index in [9.17, 15) is 9.59 Å². The van der Waals surface area contributed by atoms with Crippen LogP contribution in [-0.2, 0) is 5.41 Å². The van der Waals surface area contributed by atoms with Crippen LogP contribution in [0, 0.1) is 6.92 Å². The Hall–Kier alpha value is -3.37. The van der Waals surface area contributed by atoms with Gasteiger partial charge in [-0.1, -0.05) is 74.3 Å². The number of hydrogen-bond donors (Lipinski definition) is 0. The highest BCUT2D eigenvalue weighted by Crippen LogP contribution is 2.33. The number of fused-ring (bicyclic) bond motifs is 1. The first-order valence-electron chi connectivity index (χ1n) is 10.3. The molecule has 3 aromatic carbocycles. The van der Waals surface area contributed by atoms with E-state index in [0.717, 1.165) is 11.1 Å². The molecule has 0 atom stereocenters. The third kappa shape index (κ3) is 4.32. The molecular formula is C27H23ClO4. The van der Waals surface area contributed by atoms with Crippen LogP contribution in [-0.4, -0.2) is 5.97 Å². The summed E-state index contributed by atoms with van der Waals surface area (Å²) < 4.78 is 11.7. The Bertz CT molecular complexity index is 1360. The second-order valence-electron chi connectivity index (χ2n) is 8.81. The van der Waals surface area contributed by atoms with Crippen molar-refractivity contribution in [3.8, 4) is 17.1 Å². The fourth-order valence-corrected chi connectivity index (χ4v) is 3.57. The van der Waals surface area contributed by atoms with Gasteiger partial charge in [0, 0.05) is 10.6 Å². The zero-order valence-electron chi connectivity index (χ0n) is 18.4. The maximum Gasteiger partial charge on any atom is 0.343 e. The quantitative estimate of drug-likeness (QED) is 0.320. The Morgan fingerprint density at radius 3 is 2.22 bits per heavy atom. The highest BCUT2D eigenvalue weighted by Gasteiger charge is 2.22. The molecule has 4 rings (SSSR count). The highest BCUT2D eigenvalue weighted by molar-refractivity contribution is 6.31. The molecule has 4 aromatic rings. The summed E-state index contributed by atoms with van der Waals surface area (Å²) >= 11 is 6.09. The van der Waals surface area contributed by atoms with Crippen LogP contribution in [0.5, 0.6) is 5.75 Å². The van der Waals surface area contributed by atoms with Crippen LogP contribution >= 0.6 is 11.6 Å². The molecule has 32 heavy (non-hydrogen) atoms. The van der Waals surface area contributed by atoms with E-state index in [0.29, 0.717) is 21.7 Å². The predicted octanol–water partition coefficient (Wildman–Crippen LogP) is 6.94. The Labute approximate surface area is 191 Å². The van der Waals surface area contributed by atoms with Gasteiger partial charge in [0.05, 0.1) is 10.9 Å². The van der Waals surface area contributed by atoms with Crippen molar-refractivity contribution in [3.05, 3.63) is 98.7 Å². The summed E-state index contributed by atoms with van der Waals surface area (Å²) in [5, 5.41) is 0.641. The zero-order chi connectivity index (χ0) is 23.0. The summed E-state index contributed by atoms with van der Waals surface area (Å²) in [7, 11) is 0. The number of aryl methyl sites for hydroxylation is 1. The third-order valence-corrected chi connectivity index (χ3v) is 5.54. The van der Waals surface area contributed by atoms with Crippen molar-refractivity contribution in [1.82, 2.24) is 0 Å². The van der Waals surface area contributed by atoms with Gasteiger partial charge in [-0.2, -0.15) is 0 Å². The molecule has 0 aliphatic carbocycles. The van der Waals surface area contributed by atoms with Gasteiger partial charge in [-0.15, -0.1) is 0 Å². The maximum atomic E-state index is 13.3. The minimum atomic E-state index is -0.633. The lowest BCUT2D eigenvalue weighted by Gasteiger charge is -2.19. The van der Waals surface area contributed by atoms with Crippen molar-refractivity contribution in [2.24, 2.45) is 0 Å². The Kier molecular flexibility index (Phi) is 5.66. The highest BCUT2D eigenvalue weighted by atomic mass is 35.5. The minimum absolute atomic E-state index is 0.0275. The summed E-state index contributed by atoms with van der Waals surface area (Å²) in [5.41, 5.74) is 3.01. The third-order valence-electron chi connectivity index (χ3n) is 5.31. The van der Waals surface area contributed by atoms with Crippen molar-refractivity contribution >= 4 is 28.5 Å². The smallest absolute Gasteiger partial charge is 0.343 e. The Morgan fingerprint density at radius 2 is 1.59 bits per heavy atom. The molecule has 0 amide bonds. The molecule has 0 fully saturated rings.